The van der Waals surface area contributed by atoms with Crippen LogP contribution in [0.2, 0.25) is 0 Å². The van der Waals surface area contributed by atoms with Gasteiger partial charge in [-0.05, 0) is 17.7 Å². The molecular formula is C14H14N4O3. The normalized spacial score (nSPS) is 12.6. The number of carbonyl (C=O) groups is 2. The van der Waals surface area contributed by atoms with E-state index in [9.17, 15) is 9.59 Å². The van der Waals surface area contributed by atoms with E-state index >= 15 is 0 Å². The zero-order chi connectivity index (χ0) is 15.0. The Bertz CT molecular complexity index is 736. The number of carbonyl (C=O) groups excluding carboxylic acids is 2. The van der Waals surface area contributed by atoms with Crippen LogP contribution in [0.15, 0.2) is 24.3 Å². The number of fused-ring (bicyclic) bond motifs is 1. The van der Waals surface area contributed by atoms with E-state index in [1.165, 1.54) is 0 Å². The van der Waals surface area contributed by atoms with Crippen LogP contribution >= 0.6 is 0 Å². The van der Waals surface area contributed by atoms with Crippen molar-refractivity contribution in [2.45, 2.75) is 6.42 Å². The fourth-order valence-electron chi connectivity index (χ4n) is 2.44. The second-order valence-electron chi connectivity index (χ2n) is 4.72. The highest BCUT2D eigenvalue weighted by atomic mass is 16.5. The number of anilines is 1. The molecule has 1 aliphatic rings. The van der Waals surface area contributed by atoms with Gasteiger partial charge in [0.1, 0.15) is 11.6 Å². The third kappa shape index (κ3) is 2.29. The van der Waals surface area contributed by atoms with E-state index in [4.69, 9.17) is 16.2 Å². The van der Waals surface area contributed by atoms with E-state index in [2.05, 4.69) is 10.3 Å². The first kappa shape index (κ1) is 13.0. The molecule has 1 aliphatic heterocycles. The van der Waals surface area contributed by atoms with Gasteiger partial charge in [0.05, 0.1) is 17.9 Å². The van der Waals surface area contributed by atoms with Gasteiger partial charge < -0.3 is 21.2 Å². The largest absolute Gasteiger partial charge is 0.492 e. The molecule has 0 bridgehead atoms. The minimum Gasteiger partial charge on any atom is -0.492 e. The topological polar surface area (TPSA) is 123 Å². The van der Waals surface area contributed by atoms with Crippen LogP contribution in [0.1, 0.15) is 15.9 Å². The fraction of sp³-hybridized carbons (Fsp3) is 0.143. The Morgan fingerprint density at radius 3 is 2.81 bits per heavy atom. The Morgan fingerprint density at radius 2 is 2.10 bits per heavy atom. The van der Waals surface area contributed by atoms with Gasteiger partial charge in [0.2, 0.25) is 0 Å². The highest BCUT2D eigenvalue weighted by molar-refractivity contribution is 6.03. The predicted molar refractivity (Wildman–Crippen MR) is 77.2 cm³/mol. The van der Waals surface area contributed by atoms with Crippen molar-refractivity contribution in [3.63, 3.8) is 0 Å². The molecule has 2 heterocycles. The molecule has 1 aromatic heterocycles. The van der Waals surface area contributed by atoms with Gasteiger partial charge in [-0.25, -0.2) is 4.79 Å². The number of primary amides is 2. The van der Waals surface area contributed by atoms with Crippen molar-refractivity contribution >= 4 is 17.8 Å². The van der Waals surface area contributed by atoms with Gasteiger partial charge in [-0.3, -0.25) is 10.1 Å². The van der Waals surface area contributed by atoms with Gasteiger partial charge in [-0.2, -0.15) is 0 Å². The summed E-state index contributed by atoms with van der Waals surface area (Å²) in [6.07, 6.45) is 0.846. The second-order valence-corrected chi connectivity index (χ2v) is 4.72. The van der Waals surface area contributed by atoms with Crippen molar-refractivity contribution in [2.75, 3.05) is 11.9 Å². The average molecular weight is 286 g/mol. The molecule has 7 heteroatoms. The van der Waals surface area contributed by atoms with Crippen LogP contribution in [-0.4, -0.2) is 23.5 Å². The van der Waals surface area contributed by atoms with Crippen molar-refractivity contribution in [1.29, 1.82) is 0 Å². The van der Waals surface area contributed by atoms with Crippen molar-refractivity contribution in [2.24, 2.45) is 11.5 Å². The lowest BCUT2D eigenvalue weighted by Crippen LogP contribution is -2.22. The Kier molecular flexibility index (Phi) is 3.02. The third-order valence-corrected chi connectivity index (χ3v) is 3.34. The molecule has 1 aromatic carbocycles. The van der Waals surface area contributed by atoms with Gasteiger partial charge in [0, 0.05) is 12.0 Å². The predicted octanol–water partition coefficient (Wildman–Crippen LogP) is 1.21. The van der Waals surface area contributed by atoms with Crippen molar-refractivity contribution in [3.8, 4) is 17.0 Å². The number of hydrogen-bond donors (Lipinski definition) is 4. The molecule has 0 saturated carbocycles. The lowest BCUT2D eigenvalue weighted by molar-refractivity contribution is 0.100. The summed E-state index contributed by atoms with van der Waals surface area (Å²) in [6, 6.07) is 6.57. The smallest absolute Gasteiger partial charge is 0.317 e. The minimum atomic E-state index is -0.777. The summed E-state index contributed by atoms with van der Waals surface area (Å²) in [5.41, 5.74) is 13.1. The maximum Gasteiger partial charge on any atom is 0.317 e. The van der Waals surface area contributed by atoms with E-state index in [1.54, 1.807) is 6.07 Å². The fourth-order valence-corrected chi connectivity index (χ4v) is 2.44. The van der Waals surface area contributed by atoms with Crippen molar-refractivity contribution in [3.05, 3.63) is 35.4 Å². The molecule has 2 aromatic rings. The van der Waals surface area contributed by atoms with Gasteiger partial charge in [0.25, 0.3) is 5.91 Å². The average Bonchev–Trinajstić information content (AvgIpc) is 3.03. The Morgan fingerprint density at radius 1 is 1.29 bits per heavy atom. The highest BCUT2D eigenvalue weighted by Crippen LogP contribution is 2.37. The molecule has 21 heavy (non-hydrogen) atoms. The molecule has 6 N–H and O–H groups in total. The number of amides is 3. The first-order valence-corrected chi connectivity index (χ1v) is 6.40. The summed E-state index contributed by atoms with van der Waals surface area (Å²) in [5.74, 6) is 0.302. The quantitative estimate of drug-likeness (QED) is 0.677. The highest BCUT2D eigenvalue weighted by Gasteiger charge is 2.21. The number of aromatic nitrogens is 1. The van der Waals surface area contributed by atoms with Gasteiger partial charge in [-0.15, -0.1) is 0 Å². The molecule has 3 amide bonds. The van der Waals surface area contributed by atoms with E-state index in [1.807, 2.05) is 18.2 Å². The molecule has 0 unspecified atom stereocenters. The van der Waals surface area contributed by atoms with Crippen molar-refractivity contribution < 1.29 is 14.3 Å². The second kappa shape index (κ2) is 4.86. The van der Waals surface area contributed by atoms with E-state index in [-0.39, 0.29) is 11.4 Å². The zero-order valence-electron chi connectivity index (χ0n) is 11.1. The molecular weight excluding hydrogens is 272 g/mol. The molecule has 0 fully saturated rings. The summed E-state index contributed by atoms with van der Waals surface area (Å²) in [5, 5.41) is 2.35. The number of ether oxygens (including phenoxy) is 1. The number of aromatic amines is 1. The standard InChI is InChI=1S/C14H14N4O3/c15-12(19)9-6-10(17-13(9)18-14(16)20)8-3-1-2-7-4-5-21-11(7)8/h1-3,6,17H,4-5H2,(H2,15,19)(H3,16,18,20). The summed E-state index contributed by atoms with van der Waals surface area (Å²) < 4.78 is 5.63. The molecule has 0 aliphatic carbocycles. The number of H-pyrrole nitrogens is 1. The van der Waals surface area contributed by atoms with Crippen LogP contribution in [-0.2, 0) is 6.42 Å². The monoisotopic (exact) mass is 286 g/mol. The molecule has 0 saturated heterocycles. The molecule has 108 valence electrons. The summed E-state index contributed by atoms with van der Waals surface area (Å²) in [4.78, 5) is 25.4. The van der Waals surface area contributed by atoms with Gasteiger partial charge in [0.15, 0.2) is 0 Å². The van der Waals surface area contributed by atoms with Crippen LogP contribution < -0.4 is 21.5 Å². The molecule has 0 radical (unpaired) electrons. The molecule has 7 nitrogen and oxygen atoms in total. The van der Waals surface area contributed by atoms with Crippen LogP contribution in [0.4, 0.5) is 10.6 Å². The Hall–Kier alpha value is -2.96. The number of nitrogens with one attached hydrogen (secondary N) is 2. The number of para-hydroxylation sites is 1. The first-order chi connectivity index (χ1) is 10.1. The lowest BCUT2D eigenvalue weighted by atomic mass is 10.1. The van der Waals surface area contributed by atoms with Crippen LogP contribution in [0.25, 0.3) is 11.3 Å². The Labute approximate surface area is 120 Å². The maximum atomic E-state index is 11.5. The first-order valence-electron chi connectivity index (χ1n) is 6.40. The SMILES string of the molecule is NC(=O)Nc1[nH]c(-c2cccc3c2OCC3)cc1C(N)=O. The van der Waals surface area contributed by atoms with E-state index in [0.717, 1.165) is 23.3 Å². The van der Waals surface area contributed by atoms with Crippen molar-refractivity contribution in [1.82, 2.24) is 4.98 Å². The summed E-state index contributed by atoms with van der Waals surface area (Å²) >= 11 is 0. The minimum absolute atomic E-state index is 0.166. The lowest BCUT2D eigenvalue weighted by Gasteiger charge is -2.06. The molecule has 3 rings (SSSR count). The van der Waals surface area contributed by atoms with E-state index < -0.39 is 11.9 Å². The number of benzene rings is 1. The molecule has 0 spiro atoms. The van der Waals surface area contributed by atoms with Crippen LogP contribution in [0, 0.1) is 0 Å². The Balaban J connectivity index is 2.09. The maximum absolute atomic E-state index is 11.5. The molecule has 0 atom stereocenters. The van der Waals surface area contributed by atoms with Crippen LogP contribution in [0.3, 0.4) is 0 Å². The van der Waals surface area contributed by atoms with Gasteiger partial charge in [-0.1, -0.05) is 12.1 Å². The zero-order valence-corrected chi connectivity index (χ0v) is 11.1. The van der Waals surface area contributed by atoms with Gasteiger partial charge >= 0.3 is 6.03 Å². The number of urea groups is 1. The van der Waals surface area contributed by atoms with E-state index in [0.29, 0.717) is 12.3 Å². The van der Waals surface area contributed by atoms with Crippen LogP contribution in [0.5, 0.6) is 5.75 Å². The third-order valence-electron chi connectivity index (χ3n) is 3.34. The summed E-state index contributed by atoms with van der Waals surface area (Å²) in [6.45, 7) is 0.627. The summed E-state index contributed by atoms with van der Waals surface area (Å²) in [7, 11) is 0. The number of rotatable bonds is 3. The number of hydrogen-bond acceptors (Lipinski definition) is 3. The number of nitrogens with two attached hydrogens (primary N) is 2.